The van der Waals surface area contributed by atoms with Crippen LogP contribution in [-0.4, -0.2) is 22.4 Å². The number of ether oxygens (including phenoxy) is 1. The number of benzene rings is 1. The number of amides is 1. The second-order valence-corrected chi connectivity index (χ2v) is 6.46. The molecule has 6 heteroatoms. The Balaban J connectivity index is 1.50. The van der Waals surface area contributed by atoms with Crippen molar-refractivity contribution in [1.82, 2.24) is 9.97 Å². The molecule has 5 nitrogen and oxygen atoms in total. The van der Waals surface area contributed by atoms with Gasteiger partial charge in [-0.15, -0.1) is 0 Å². The Hall–Kier alpha value is -3.28. The van der Waals surface area contributed by atoms with Gasteiger partial charge in [0.25, 0.3) is 5.91 Å². The van der Waals surface area contributed by atoms with Crippen molar-refractivity contribution in [2.75, 3.05) is 11.4 Å². The second kappa shape index (κ2) is 7.15. The van der Waals surface area contributed by atoms with E-state index in [-0.39, 0.29) is 18.3 Å². The number of fused-ring (bicyclic) bond motifs is 1. The molecule has 0 N–H and O–H groups in total. The Bertz CT molecular complexity index is 989. The van der Waals surface area contributed by atoms with Crippen LogP contribution >= 0.6 is 0 Å². The van der Waals surface area contributed by atoms with Crippen molar-refractivity contribution in [3.8, 4) is 5.88 Å². The van der Waals surface area contributed by atoms with Gasteiger partial charge in [-0.05, 0) is 42.3 Å². The Morgan fingerprint density at radius 1 is 1.19 bits per heavy atom. The van der Waals surface area contributed by atoms with Crippen LogP contribution in [0.3, 0.4) is 0 Å². The van der Waals surface area contributed by atoms with Gasteiger partial charge in [0, 0.05) is 25.2 Å². The highest BCUT2D eigenvalue weighted by Crippen LogP contribution is 2.24. The number of nitrogens with zero attached hydrogens (tertiary/aromatic N) is 3. The Kier molecular flexibility index (Phi) is 4.54. The zero-order chi connectivity index (χ0) is 18.8. The average molecular weight is 363 g/mol. The molecule has 0 atom stereocenters. The summed E-state index contributed by atoms with van der Waals surface area (Å²) in [6, 6.07) is 13.4. The van der Waals surface area contributed by atoms with E-state index in [1.807, 2.05) is 19.1 Å². The molecule has 136 valence electrons. The molecular weight excluding hydrogens is 345 g/mol. The highest BCUT2D eigenvalue weighted by Gasteiger charge is 2.27. The van der Waals surface area contributed by atoms with Gasteiger partial charge in [-0.1, -0.05) is 18.2 Å². The summed E-state index contributed by atoms with van der Waals surface area (Å²) in [5.74, 6) is 0.650. The maximum Gasteiger partial charge on any atom is 0.261 e. The topological polar surface area (TPSA) is 55.3 Å². The third kappa shape index (κ3) is 3.65. The molecule has 27 heavy (non-hydrogen) atoms. The third-order valence-corrected chi connectivity index (χ3v) is 4.44. The quantitative estimate of drug-likeness (QED) is 0.709. The lowest BCUT2D eigenvalue weighted by Gasteiger charge is -2.27. The van der Waals surface area contributed by atoms with Crippen LogP contribution < -0.4 is 9.64 Å². The lowest BCUT2D eigenvalue weighted by Crippen LogP contribution is -2.38. The normalized spacial score (nSPS) is 13.4. The van der Waals surface area contributed by atoms with Crippen LogP contribution in [0.5, 0.6) is 5.88 Å². The number of aromatic nitrogens is 2. The summed E-state index contributed by atoms with van der Waals surface area (Å²) in [5, 5.41) is 0. The van der Waals surface area contributed by atoms with Crippen molar-refractivity contribution >= 4 is 11.7 Å². The average Bonchev–Trinajstić information content (AvgIpc) is 2.68. The van der Waals surface area contributed by atoms with Crippen molar-refractivity contribution in [2.24, 2.45) is 0 Å². The van der Waals surface area contributed by atoms with Crippen LogP contribution in [0.4, 0.5) is 10.2 Å². The van der Waals surface area contributed by atoms with Gasteiger partial charge in [-0.2, -0.15) is 0 Å². The molecule has 0 saturated heterocycles. The fraction of sp³-hybridized carbons (Fsp3) is 0.190. The SMILES string of the molecule is Cc1ccc(N2CCc3nc(OCc4cccc(F)c4)ccc3C2=O)nc1. The lowest BCUT2D eigenvalue weighted by molar-refractivity contribution is 0.0978. The van der Waals surface area contributed by atoms with E-state index in [2.05, 4.69) is 9.97 Å². The molecule has 3 heterocycles. The van der Waals surface area contributed by atoms with E-state index in [0.29, 0.717) is 35.9 Å². The molecule has 0 fully saturated rings. The van der Waals surface area contributed by atoms with Gasteiger partial charge in [0.1, 0.15) is 18.2 Å². The summed E-state index contributed by atoms with van der Waals surface area (Å²) in [5.41, 5.74) is 3.04. The smallest absolute Gasteiger partial charge is 0.261 e. The number of carbonyl (C=O) groups is 1. The Morgan fingerprint density at radius 3 is 2.85 bits per heavy atom. The van der Waals surface area contributed by atoms with Crippen molar-refractivity contribution in [3.63, 3.8) is 0 Å². The molecule has 3 aromatic rings. The summed E-state index contributed by atoms with van der Waals surface area (Å²) in [4.78, 5) is 23.3. The number of hydrogen-bond donors (Lipinski definition) is 0. The van der Waals surface area contributed by atoms with Gasteiger partial charge in [0.2, 0.25) is 5.88 Å². The number of anilines is 1. The molecule has 0 bridgehead atoms. The molecule has 0 radical (unpaired) electrons. The number of carbonyl (C=O) groups excluding carboxylic acids is 1. The highest BCUT2D eigenvalue weighted by atomic mass is 19.1. The highest BCUT2D eigenvalue weighted by molar-refractivity contribution is 6.07. The minimum atomic E-state index is -0.301. The van der Waals surface area contributed by atoms with Gasteiger partial charge in [0.15, 0.2) is 0 Å². The largest absolute Gasteiger partial charge is 0.473 e. The first-order valence-corrected chi connectivity index (χ1v) is 8.72. The minimum absolute atomic E-state index is 0.114. The first-order chi connectivity index (χ1) is 13.1. The number of hydrogen-bond acceptors (Lipinski definition) is 4. The number of halogens is 1. The minimum Gasteiger partial charge on any atom is -0.473 e. The van der Waals surface area contributed by atoms with Gasteiger partial charge >= 0.3 is 0 Å². The molecule has 2 aromatic heterocycles. The molecule has 1 aliphatic heterocycles. The molecule has 0 saturated carbocycles. The van der Waals surface area contributed by atoms with Crippen molar-refractivity contribution in [3.05, 3.63) is 82.9 Å². The van der Waals surface area contributed by atoms with Gasteiger partial charge < -0.3 is 4.74 Å². The Labute approximate surface area is 156 Å². The standard InChI is InChI=1S/C21H18FN3O2/c1-14-5-7-19(23-12-14)25-10-9-18-17(21(25)26)6-8-20(24-18)27-13-15-3-2-4-16(22)11-15/h2-8,11-12H,9-10,13H2,1H3. The summed E-state index contributed by atoms with van der Waals surface area (Å²) in [6.07, 6.45) is 2.37. The van der Waals surface area contributed by atoms with Crippen molar-refractivity contribution < 1.29 is 13.9 Å². The van der Waals surface area contributed by atoms with E-state index in [4.69, 9.17) is 4.74 Å². The van der Waals surface area contributed by atoms with Gasteiger partial charge in [-0.25, -0.2) is 14.4 Å². The number of aryl methyl sites for hydroxylation is 1. The molecule has 1 aliphatic rings. The van der Waals surface area contributed by atoms with E-state index in [1.165, 1.54) is 12.1 Å². The number of pyridine rings is 2. The molecule has 0 spiro atoms. The fourth-order valence-electron chi connectivity index (χ4n) is 3.03. The molecule has 4 rings (SSSR count). The monoisotopic (exact) mass is 363 g/mol. The van der Waals surface area contributed by atoms with Crippen molar-refractivity contribution in [1.29, 1.82) is 0 Å². The third-order valence-electron chi connectivity index (χ3n) is 4.44. The van der Waals surface area contributed by atoms with E-state index in [1.54, 1.807) is 35.4 Å². The Morgan fingerprint density at radius 2 is 2.07 bits per heavy atom. The predicted octanol–water partition coefficient (Wildman–Crippen LogP) is 3.71. The van der Waals surface area contributed by atoms with Gasteiger partial charge in [-0.3, -0.25) is 9.69 Å². The number of rotatable bonds is 4. The fourth-order valence-corrected chi connectivity index (χ4v) is 3.03. The molecule has 0 aliphatic carbocycles. The maximum atomic E-state index is 13.2. The zero-order valence-electron chi connectivity index (χ0n) is 14.9. The zero-order valence-corrected chi connectivity index (χ0v) is 14.9. The molecular formula is C21H18FN3O2. The second-order valence-electron chi connectivity index (χ2n) is 6.46. The van der Waals surface area contributed by atoms with E-state index in [9.17, 15) is 9.18 Å². The van der Waals surface area contributed by atoms with Crippen LogP contribution in [0.25, 0.3) is 0 Å². The van der Waals surface area contributed by atoms with Crippen LogP contribution in [0.15, 0.2) is 54.7 Å². The molecule has 1 aromatic carbocycles. The van der Waals surface area contributed by atoms with E-state index < -0.39 is 0 Å². The van der Waals surface area contributed by atoms with E-state index >= 15 is 0 Å². The van der Waals surface area contributed by atoms with Crippen LogP contribution in [-0.2, 0) is 13.0 Å². The molecule has 1 amide bonds. The lowest BCUT2D eigenvalue weighted by atomic mass is 10.0. The summed E-state index contributed by atoms with van der Waals surface area (Å²) < 4.78 is 18.9. The summed E-state index contributed by atoms with van der Waals surface area (Å²) in [6.45, 7) is 2.69. The van der Waals surface area contributed by atoms with E-state index in [0.717, 1.165) is 11.1 Å². The first-order valence-electron chi connectivity index (χ1n) is 8.72. The predicted molar refractivity (Wildman–Crippen MR) is 99.3 cm³/mol. The maximum absolute atomic E-state index is 13.2. The van der Waals surface area contributed by atoms with Crippen LogP contribution in [0, 0.1) is 12.7 Å². The van der Waals surface area contributed by atoms with Crippen molar-refractivity contribution in [2.45, 2.75) is 20.0 Å². The first kappa shape index (κ1) is 17.1. The van der Waals surface area contributed by atoms with Crippen LogP contribution in [0.1, 0.15) is 27.2 Å². The van der Waals surface area contributed by atoms with Gasteiger partial charge in [0.05, 0.1) is 11.3 Å². The summed E-state index contributed by atoms with van der Waals surface area (Å²) in [7, 11) is 0. The molecule has 0 unspecified atom stereocenters. The van der Waals surface area contributed by atoms with Crippen LogP contribution in [0.2, 0.25) is 0 Å². The summed E-state index contributed by atoms with van der Waals surface area (Å²) >= 11 is 0.